The van der Waals surface area contributed by atoms with Gasteiger partial charge in [0.25, 0.3) is 0 Å². The zero-order valence-electron chi connectivity index (χ0n) is 22.0. The summed E-state index contributed by atoms with van der Waals surface area (Å²) in [6.45, 7) is 5.07. The zero-order valence-corrected chi connectivity index (χ0v) is 22.0. The minimum Gasteiger partial charge on any atom is -0.399 e. The van der Waals surface area contributed by atoms with E-state index in [0.717, 1.165) is 46.9 Å². The lowest BCUT2D eigenvalue weighted by molar-refractivity contribution is 0.607. The van der Waals surface area contributed by atoms with Gasteiger partial charge in [0, 0.05) is 23.6 Å². The first-order valence-corrected chi connectivity index (χ1v) is 13.3. The van der Waals surface area contributed by atoms with Crippen LogP contribution in [-0.2, 0) is 13.0 Å². The molecule has 3 N–H and O–H groups in total. The number of anilines is 1. The van der Waals surface area contributed by atoms with Crippen LogP contribution < -0.4 is 5.73 Å². The molecule has 0 aliphatic rings. The Bertz CT molecular complexity index is 1440. The van der Waals surface area contributed by atoms with Crippen LogP contribution in [0.5, 0.6) is 0 Å². The van der Waals surface area contributed by atoms with Crippen LogP contribution in [0.3, 0.4) is 0 Å². The molecule has 0 bridgehead atoms. The third kappa shape index (κ3) is 5.80. The molecular formula is C30H34N8. The number of aryl methyl sites for hydroxylation is 1. The lowest BCUT2D eigenvalue weighted by Crippen LogP contribution is -2.11. The van der Waals surface area contributed by atoms with Crippen LogP contribution in [-0.4, -0.2) is 35.4 Å². The summed E-state index contributed by atoms with van der Waals surface area (Å²) in [4.78, 5) is 5.01. The number of nitrogen functional groups attached to an aromatic ring is 1. The third-order valence-electron chi connectivity index (χ3n) is 6.93. The highest BCUT2D eigenvalue weighted by atomic mass is 15.5. The van der Waals surface area contributed by atoms with Crippen LogP contribution >= 0.6 is 0 Å². The van der Waals surface area contributed by atoms with E-state index >= 15 is 0 Å². The molecule has 0 saturated heterocycles. The average Bonchev–Trinajstić information content (AvgIpc) is 3.62. The van der Waals surface area contributed by atoms with Gasteiger partial charge in [0.2, 0.25) is 5.82 Å². The maximum Gasteiger partial charge on any atom is 0.205 e. The first-order valence-electron chi connectivity index (χ1n) is 13.3. The monoisotopic (exact) mass is 506 g/mol. The van der Waals surface area contributed by atoms with E-state index in [2.05, 4.69) is 81.6 Å². The van der Waals surface area contributed by atoms with Crippen LogP contribution in [0, 0.1) is 0 Å². The van der Waals surface area contributed by atoms with Gasteiger partial charge in [-0.15, -0.1) is 10.2 Å². The molecule has 1 atom stereocenters. The van der Waals surface area contributed by atoms with Gasteiger partial charge < -0.3 is 5.73 Å². The molecule has 0 aliphatic carbocycles. The summed E-state index contributed by atoms with van der Waals surface area (Å²) in [7, 11) is 0. The largest absolute Gasteiger partial charge is 0.399 e. The van der Waals surface area contributed by atoms with E-state index in [-0.39, 0.29) is 5.92 Å². The number of nitrogens with zero attached hydrogens (tertiary/aromatic N) is 6. The Hall–Kier alpha value is -4.33. The van der Waals surface area contributed by atoms with E-state index < -0.39 is 0 Å². The Morgan fingerprint density at radius 1 is 0.895 bits per heavy atom. The van der Waals surface area contributed by atoms with Crippen molar-refractivity contribution < 1.29 is 0 Å². The topological polar surface area (TPSA) is 111 Å². The van der Waals surface area contributed by atoms with Crippen LogP contribution in [0.25, 0.3) is 22.5 Å². The molecular weight excluding hydrogens is 472 g/mol. The normalized spacial score (nSPS) is 12.1. The fourth-order valence-electron chi connectivity index (χ4n) is 4.76. The predicted octanol–water partition coefficient (Wildman–Crippen LogP) is 6.03. The minimum atomic E-state index is 0.105. The molecule has 2 heterocycles. The second-order valence-electron chi connectivity index (χ2n) is 9.72. The highest BCUT2D eigenvalue weighted by Crippen LogP contribution is 2.30. The van der Waals surface area contributed by atoms with Crippen molar-refractivity contribution in [1.82, 2.24) is 35.4 Å². The van der Waals surface area contributed by atoms with E-state index in [9.17, 15) is 0 Å². The van der Waals surface area contributed by atoms with Crippen molar-refractivity contribution in [2.24, 2.45) is 0 Å². The SMILES string of the molecule is CCCCCCc1nc(C(C)c2ccc(N)cc2)n(Cc2ccc(-c3ccccc3-c3nn[nH]n3)cc2)n1. The molecule has 0 amide bonds. The molecule has 2 aromatic heterocycles. The van der Waals surface area contributed by atoms with Crippen molar-refractivity contribution in [3.05, 3.63) is 95.6 Å². The second kappa shape index (κ2) is 11.8. The van der Waals surface area contributed by atoms with Gasteiger partial charge >= 0.3 is 0 Å². The Kier molecular flexibility index (Phi) is 7.87. The molecule has 1 unspecified atom stereocenters. The predicted molar refractivity (Wildman–Crippen MR) is 150 cm³/mol. The van der Waals surface area contributed by atoms with Gasteiger partial charge in [0.15, 0.2) is 5.82 Å². The maximum absolute atomic E-state index is 5.93. The lowest BCUT2D eigenvalue weighted by Gasteiger charge is -2.14. The molecule has 0 aliphatic heterocycles. The van der Waals surface area contributed by atoms with E-state index in [0.29, 0.717) is 12.4 Å². The Morgan fingerprint density at radius 3 is 2.37 bits per heavy atom. The van der Waals surface area contributed by atoms with Gasteiger partial charge in [-0.1, -0.05) is 93.8 Å². The van der Waals surface area contributed by atoms with E-state index in [4.69, 9.17) is 15.8 Å². The fraction of sp³-hybridized carbons (Fsp3) is 0.300. The first-order chi connectivity index (χ1) is 18.6. The lowest BCUT2D eigenvalue weighted by atomic mass is 9.98. The number of hydrogen-bond donors (Lipinski definition) is 2. The van der Waals surface area contributed by atoms with Gasteiger partial charge in [-0.3, -0.25) is 0 Å². The van der Waals surface area contributed by atoms with Crippen LogP contribution in [0.2, 0.25) is 0 Å². The summed E-state index contributed by atoms with van der Waals surface area (Å²) in [5.74, 6) is 2.59. The van der Waals surface area contributed by atoms with Crippen molar-refractivity contribution in [2.45, 2.75) is 58.4 Å². The van der Waals surface area contributed by atoms with Crippen molar-refractivity contribution in [2.75, 3.05) is 5.73 Å². The molecule has 8 heteroatoms. The number of unbranched alkanes of at least 4 members (excludes halogenated alkanes) is 3. The van der Waals surface area contributed by atoms with Gasteiger partial charge in [-0.05, 0) is 46.0 Å². The van der Waals surface area contributed by atoms with Crippen LogP contribution in [0.15, 0.2) is 72.8 Å². The van der Waals surface area contributed by atoms with E-state index in [1.54, 1.807) is 0 Å². The fourth-order valence-corrected chi connectivity index (χ4v) is 4.76. The number of tetrazole rings is 1. The quantitative estimate of drug-likeness (QED) is 0.167. The summed E-state index contributed by atoms with van der Waals surface area (Å²) in [6.07, 6.45) is 5.69. The smallest absolute Gasteiger partial charge is 0.205 e. The molecule has 38 heavy (non-hydrogen) atoms. The summed E-state index contributed by atoms with van der Waals surface area (Å²) in [6, 6.07) is 24.7. The Labute approximate surface area is 223 Å². The molecule has 8 nitrogen and oxygen atoms in total. The van der Waals surface area contributed by atoms with Crippen molar-refractivity contribution >= 4 is 5.69 Å². The molecule has 3 aromatic carbocycles. The van der Waals surface area contributed by atoms with Gasteiger partial charge in [-0.25, -0.2) is 9.67 Å². The van der Waals surface area contributed by atoms with Gasteiger partial charge in [-0.2, -0.15) is 10.3 Å². The van der Waals surface area contributed by atoms with E-state index in [1.165, 1.54) is 30.4 Å². The molecule has 5 aromatic rings. The number of rotatable bonds is 11. The van der Waals surface area contributed by atoms with Crippen LogP contribution in [0.4, 0.5) is 5.69 Å². The number of benzene rings is 3. The molecule has 0 saturated carbocycles. The highest BCUT2D eigenvalue weighted by Gasteiger charge is 2.19. The standard InChI is InChI=1S/C30H34N8/c1-3-4-5-6-11-28-32-30(21(2)23-16-18-25(31)19-17-23)38(35-28)20-22-12-14-24(15-13-22)26-9-7-8-10-27(26)29-33-36-37-34-29/h7-10,12-19,21H,3-6,11,20,31H2,1-2H3,(H,33,34,36,37). The minimum absolute atomic E-state index is 0.105. The van der Waals surface area contributed by atoms with Crippen LogP contribution in [0.1, 0.15) is 68.2 Å². The summed E-state index contributed by atoms with van der Waals surface area (Å²) in [5, 5.41) is 19.5. The summed E-state index contributed by atoms with van der Waals surface area (Å²) >= 11 is 0. The van der Waals surface area contributed by atoms with E-state index in [1.807, 2.05) is 30.3 Å². The number of aromatic amines is 1. The number of H-pyrrole nitrogens is 1. The summed E-state index contributed by atoms with van der Waals surface area (Å²) in [5.41, 5.74) is 12.1. The number of hydrogen-bond acceptors (Lipinski definition) is 6. The molecule has 0 spiro atoms. The molecule has 0 fully saturated rings. The molecule has 194 valence electrons. The molecule has 0 radical (unpaired) electrons. The maximum atomic E-state index is 5.93. The second-order valence-corrected chi connectivity index (χ2v) is 9.72. The van der Waals surface area contributed by atoms with Crippen molar-refractivity contribution in [3.8, 4) is 22.5 Å². The van der Waals surface area contributed by atoms with Crippen molar-refractivity contribution in [3.63, 3.8) is 0 Å². The zero-order chi connectivity index (χ0) is 26.3. The Morgan fingerprint density at radius 2 is 1.66 bits per heavy atom. The Balaban J connectivity index is 1.40. The van der Waals surface area contributed by atoms with Gasteiger partial charge in [0.1, 0.15) is 5.82 Å². The van der Waals surface area contributed by atoms with Crippen molar-refractivity contribution in [1.29, 1.82) is 0 Å². The number of nitrogens with two attached hydrogens (primary N) is 1. The average molecular weight is 507 g/mol. The number of aromatic nitrogens is 7. The molecule has 5 rings (SSSR count). The summed E-state index contributed by atoms with van der Waals surface area (Å²) < 4.78 is 2.07. The van der Waals surface area contributed by atoms with Gasteiger partial charge in [0.05, 0.1) is 6.54 Å². The third-order valence-corrected chi connectivity index (χ3v) is 6.93. The first kappa shape index (κ1) is 25.3. The number of nitrogens with one attached hydrogen (secondary N) is 1. The highest BCUT2D eigenvalue weighted by molar-refractivity contribution is 5.80.